The molecule has 144 valence electrons. The van der Waals surface area contributed by atoms with Crippen LogP contribution in [0.5, 0.6) is 0 Å². The summed E-state index contributed by atoms with van der Waals surface area (Å²) >= 11 is 0. The second-order valence-electron chi connectivity index (χ2n) is 7.21. The number of anilines is 2. The zero-order valence-electron chi connectivity index (χ0n) is 16.5. The third-order valence-corrected chi connectivity index (χ3v) is 4.99. The van der Waals surface area contributed by atoms with Crippen molar-refractivity contribution in [1.82, 2.24) is 0 Å². The van der Waals surface area contributed by atoms with E-state index < -0.39 is 0 Å². The average molecular weight is 382 g/mol. The van der Waals surface area contributed by atoms with Crippen LogP contribution in [0.4, 0.5) is 11.4 Å². The van der Waals surface area contributed by atoms with E-state index in [1.165, 1.54) is 13.8 Å². The molecule has 0 heterocycles. The Morgan fingerprint density at radius 3 is 2.10 bits per heavy atom. The zero-order chi connectivity index (χ0) is 20.4. The third-order valence-electron chi connectivity index (χ3n) is 4.99. The van der Waals surface area contributed by atoms with Gasteiger partial charge >= 0.3 is 0 Å². The lowest BCUT2D eigenvalue weighted by atomic mass is 9.93. The molecule has 4 aromatic rings. The maximum Gasteiger partial charge on any atom is 0.221 e. The molecule has 0 aromatic heterocycles. The first-order chi connectivity index (χ1) is 14.0. The summed E-state index contributed by atoms with van der Waals surface area (Å²) in [4.78, 5) is 23.4. The van der Waals surface area contributed by atoms with Gasteiger partial charge in [0.2, 0.25) is 11.8 Å². The van der Waals surface area contributed by atoms with Crippen molar-refractivity contribution < 1.29 is 9.59 Å². The molecule has 29 heavy (non-hydrogen) atoms. The van der Waals surface area contributed by atoms with Crippen molar-refractivity contribution in [3.63, 3.8) is 0 Å². The van der Waals surface area contributed by atoms with Crippen LogP contribution in [0.25, 0.3) is 21.5 Å². The zero-order valence-corrected chi connectivity index (χ0v) is 16.5. The number of amides is 2. The highest BCUT2D eigenvalue weighted by Crippen LogP contribution is 2.32. The Hall–Kier alpha value is -3.66. The Morgan fingerprint density at radius 2 is 1.38 bits per heavy atom. The van der Waals surface area contributed by atoms with Gasteiger partial charge in [-0.2, -0.15) is 0 Å². The minimum Gasteiger partial charge on any atom is -0.326 e. The van der Waals surface area contributed by atoms with Crippen molar-refractivity contribution in [1.29, 1.82) is 0 Å². The summed E-state index contributed by atoms with van der Waals surface area (Å²) in [6, 6.07) is 24.3. The summed E-state index contributed by atoms with van der Waals surface area (Å²) in [6.45, 7) is 3.03. The normalized spacial score (nSPS) is 10.8. The van der Waals surface area contributed by atoms with E-state index in [0.29, 0.717) is 6.42 Å². The lowest BCUT2D eigenvalue weighted by molar-refractivity contribution is -0.115. The van der Waals surface area contributed by atoms with Gasteiger partial charge in [-0.1, -0.05) is 54.6 Å². The van der Waals surface area contributed by atoms with E-state index in [-0.39, 0.29) is 11.8 Å². The molecular formula is C25H22N2O2. The van der Waals surface area contributed by atoms with Crippen LogP contribution < -0.4 is 10.6 Å². The van der Waals surface area contributed by atoms with Gasteiger partial charge in [-0.15, -0.1) is 0 Å². The van der Waals surface area contributed by atoms with Gasteiger partial charge in [0.05, 0.1) is 0 Å². The molecule has 0 radical (unpaired) electrons. The van der Waals surface area contributed by atoms with Crippen molar-refractivity contribution in [2.45, 2.75) is 20.3 Å². The summed E-state index contributed by atoms with van der Waals surface area (Å²) in [5.41, 5.74) is 3.73. The van der Waals surface area contributed by atoms with Gasteiger partial charge in [0.15, 0.2) is 0 Å². The van der Waals surface area contributed by atoms with Crippen LogP contribution in [-0.2, 0) is 16.0 Å². The fourth-order valence-electron chi connectivity index (χ4n) is 3.84. The Kier molecular flexibility index (Phi) is 5.00. The van der Waals surface area contributed by atoms with E-state index in [0.717, 1.165) is 44.0 Å². The molecule has 0 spiro atoms. The fourth-order valence-corrected chi connectivity index (χ4v) is 3.84. The van der Waals surface area contributed by atoms with Crippen molar-refractivity contribution in [2.75, 3.05) is 10.6 Å². The lowest BCUT2D eigenvalue weighted by Crippen LogP contribution is -2.09. The predicted octanol–water partition coefficient (Wildman–Crippen LogP) is 5.50. The summed E-state index contributed by atoms with van der Waals surface area (Å²) in [6.07, 6.45) is 0.630. The Balaban J connectivity index is 1.91. The van der Waals surface area contributed by atoms with Crippen LogP contribution in [0.3, 0.4) is 0 Å². The standard InChI is InChI=1S/C25H22N2O2/c1-16(28)26-21-13-19-8-4-5-9-22(19)20(14-21)15-24-23-10-6-3-7-18(23)11-12-25(24)27-17(2)29/h3-14H,15H2,1-2H3,(H,26,28)(H,27,29). The molecule has 0 unspecified atom stereocenters. The largest absolute Gasteiger partial charge is 0.326 e. The second-order valence-corrected chi connectivity index (χ2v) is 7.21. The SMILES string of the molecule is CC(=O)Nc1cc(Cc2c(NC(C)=O)ccc3ccccc23)c2ccccc2c1. The molecule has 4 rings (SSSR count). The minimum absolute atomic E-state index is 0.0987. The smallest absolute Gasteiger partial charge is 0.221 e. The molecule has 2 N–H and O–H groups in total. The molecule has 4 heteroatoms. The summed E-state index contributed by atoms with van der Waals surface area (Å²) < 4.78 is 0. The maximum atomic E-state index is 11.8. The van der Waals surface area contributed by atoms with Gasteiger partial charge in [0.1, 0.15) is 0 Å². The number of nitrogens with one attached hydrogen (secondary N) is 2. The molecule has 4 nitrogen and oxygen atoms in total. The van der Waals surface area contributed by atoms with Crippen LogP contribution in [0, 0.1) is 0 Å². The monoisotopic (exact) mass is 382 g/mol. The summed E-state index contributed by atoms with van der Waals surface area (Å²) in [7, 11) is 0. The highest BCUT2D eigenvalue weighted by molar-refractivity contribution is 5.98. The van der Waals surface area contributed by atoms with Crippen LogP contribution in [0.15, 0.2) is 72.8 Å². The van der Waals surface area contributed by atoms with E-state index in [1.54, 1.807) is 0 Å². The van der Waals surface area contributed by atoms with Gasteiger partial charge < -0.3 is 10.6 Å². The maximum absolute atomic E-state index is 11.8. The molecule has 4 aromatic carbocycles. The van der Waals surface area contributed by atoms with Crippen LogP contribution in [0.2, 0.25) is 0 Å². The predicted molar refractivity (Wildman–Crippen MR) is 119 cm³/mol. The number of hydrogen-bond donors (Lipinski definition) is 2. The fraction of sp³-hybridized carbons (Fsp3) is 0.120. The van der Waals surface area contributed by atoms with Crippen molar-refractivity contribution in [2.24, 2.45) is 0 Å². The second kappa shape index (κ2) is 7.76. The number of rotatable bonds is 4. The van der Waals surface area contributed by atoms with Crippen LogP contribution in [0.1, 0.15) is 25.0 Å². The van der Waals surface area contributed by atoms with Gasteiger partial charge in [0, 0.05) is 31.6 Å². The van der Waals surface area contributed by atoms with Crippen molar-refractivity contribution in [3.8, 4) is 0 Å². The van der Waals surface area contributed by atoms with Crippen LogP contribution in [-0.4, -0.2) is 11.8 Å². The van der Waals surface area contributed by atoms with Gasteiger partial charge in [-0.05, 0) is 50.9 Å². The quantitative estimate of drug-likeness (QED) is 0.490. The van der Waals surface area contributed by atoms with E-state index in [4.69, 9.17) is 0 Å². The van der Waals surface area contributed by atoms with E-state index in [9.17, 15) is 9.59 Å². The van der Waals surface area contributed by atoms with Gasteiger partial charge in [0.25, 0.3) is 0 Å². The first kappa shape index (κ1) is 18.7. The Labute approximate surface area is 169 Å². The lowest BCUT2D eigenvalue weighted by Gasteiger charge is -2.16. The molecule has 0 fully saturated rings. The molecule has 0 aliphatic rings. The van der Waals surface area contributed by atoms with E-state index in [1.807, 2.05) is 54.6 Å². The highest BCUT2D eigenvalue weighted by atomic mass is 16.2. The first-order valence-electron chi connectivity index (χ1n) is 9.59. The molecule has 0 atom stereocenters. The molecule has 0 aliphatic carbocycles. The summed E-state index contributed by atoms with van der Waals surface area (Å²) in [5.74, 6) is -0.200. The van der Waals surface area contributed by atoms with E-state index >= 15 is 0 Å². The molecule has 0 saturated heterocycles. The molecule has 2 amide bonds. The van der Waals surface area contributed by atoms with Gasteiger partial charge in [-0.25, -0.2) is 0 Å². The average Bonchev–Trinajstić information content (AvgIpc) is 2.69. The van der Waals surface area contributed by atoms with Crippen LogP contribution >= 0.6 is 0 Å². The minimum atomic E-state index is -0.102. The Bertz CT molecular complexity index is 1240. The number of carbonyl (C=O) groups excluding carboxylic acids is 2. The Morgan fingerprint density at radius 1 is 0.724 bits per heavy atom. The molecular weight excluding hydrogens is 360 g/mol. The third kappa shape index (κ3) is 3.97. The molecule has 0 aliphatic heterocycles. The summed E-state index contributed by atoms with van der Waals surface area (Å²) in [5, 5.41) is 10.3. The number of carbonyl (C=O) groups is 2. The number of fused-ring (bicyclic) bond motifs is 2. The number of benzene rings is 4. The first-order valence-corrected chi connectivity index (χ1v) is 9.59. The topological polar surface area (TPSA) is 58.2 Å². The molecule has 0 saturated carbocycles. The number of hydrogen-bond acceptors (Lipinski definition) is 2. The van der Waals surface area contributed by atoms with Gasteiger partial charge in [-0.3, -0.25) is 9.59 Å². The molecule has 0 bridgehead atoms. The van der Waals surface area contributed by atoms with Crippen molar-refractivity contribution >= 4 is 44.7 Å². The van der Waals surface area contributed by atoms with Crippen molar-refractivity contribution in [3.05, 3.63) is 83.9 Å². The van der Waals surface area contributed by atoms with E-state index in [2.05, 4.69) is 28.8 Å². The highest BCUT2D eigenvalue weighted by Gasteiger charge is 2.13.